The predicted octanol–water partition coefficient (Wildman–Crippen LogP) is 4.63. The zero-order valence-electron chi connectivity index (χ0n) is 12.2. The third-order valence-corrected chi connectivity index (χ3v) is 6.07. The quantitative estimate of drug-likeness (QED) is 0.615. The van der Waals surface area contributed by atoms with Gasteiger partial charge in [-0.1, -0.05) is 90.5 Å². The maximum atomic E-state index is 2.33. The fourth-order valence-corrected chi connectivity index (χ4v) is 4.90. The normalized spacial score (nSPS) is 12.0. The molecule has 0 spiro atoms. The minimum atomic E-state index is -0.343. The van der Waals surface area contributed by atoms with Crippen LogP contribution in [0.25, 0.3) is 0 Å². The molecule has 1 atom stereocenters. The van der Waals surface area contributed by atoms with E-state index in [0.717, 1.165) is 6.16 Å². The molecular formula is C20H19P. The van der Waals surface area contributed by atoms with Crippen LogP contribution in [0.1, 0.15) is 11.1 Å². The average Bonchev–Trinajstić information content (AvgIpc) is 2.54. The van der Waals surface area contributed by atoms with Gasteiger partial charge in [-0.3, -0.25) is 0 Å². The molecule has 0 bridgehead atoms. The van der Waals surface area contributed by atoms with Crippen molar-refractivity contribution >= 4 is 18.5 Å². The van der Waals surface area contributed by atoms with Gasteiger partial charge < -0.3 is 0 Å². The molecule has 0 aromatic heterocycles. The Bertz CT molecular complexity index is 689. The summed E-state index contributed by atoms with van der Waals surface area (Å²) < 4.78 is 0. The van der Waals surface area contributed by atoms with Gasteiger partial charge in [0.2, 0.25) is 0 Å². The van der Waals surface area contributed by atoms with E-state index in [9.17, 15) is 0 Å². The molecule has 3 aromatic rings. The molecule has 21 heavy (non-hydrogen) atoms. The second kappa shape index (κ2) is 6.70. The second-order valence-electron chi connectivity index (χ2n) is 5.25. The van der Waals surface area contributed by atoms with E-state index in [1.54, 1.807) is 0 Å². The van der Waals surface area contributed by atoms with Crippen molar-refractivity contribution in [3.8, 4) is 0 Å². The Kier molecular flexibility index (Phi) is 4.48. The van der Waals surface area contributed by atoms with E-state index in [2.05, 4.69) is 91.9 Å². The Labute approximate surface area is 128 Å². The number of hydrogen-bond donors (Lipinski definition) is 0. The molecule has 0 saturated carbocycles. The molecule has 1 unspecified atom stereocenters. The highest BCUT2D eigenvalue weighted by Crippen LogP contribution is 2.37. The zero-order valence-corrected chi connectivity index (χ0v) is 13.1. The molecule has 0 amide bonds. The first kappa shape index (κ1) is 14.0. The van der Waals surface area contributed by atoms with E-state index in [4.69, 9.17) is 0 Å². The lowest BCUT2D eigenvalue weighted by atomic mass is 10.2. The van der Waals surface area contributed by atoms with Crippen molar-refractivity contribution in [2.24, 2.45) is 0 Å². The van der Waals surface area contributed by atoms with E-state index in [-0.39, 0.29) is 7.92 Å². The SMILES string of the molecule is Cc1cccc(P(Cc2ccccc2)c2ccccc2)c1. The molecule has 3 aromatic carbocycles. The van der Waals surface area contributed by atoms with Crippen molar-refractivity contribution in [1.82, 2.24) is 0 Å². The van der Waals surface area contributed by atoms with E-state index < -0.39 is 0 Å². The Morgan fingerprint density at radius 2 is 1.29 bits per heavy atom. The van der Waals surface area contributed by atoms with Gasteiger partial charge in [-0.25, -0.2) is 0 Å². The Morgan fingerprint density at radius 3 is 1.95 bits per heavy atom. The molecule has 0 radical (unpaired) electrons. The van der Waals surface area contributed by atoms with Crippen LogP contribution in [0.2, 0.25) is 0 Å². The van der Waals surface area contributed by atoms with Crippen LogP contribution in [0.4, 0.5) is 0 Å². The Balaban J connectivity index is 1.99. The van der Waals surface area contributed by atoms with E-state index >= 15 is 0 Å². The number of benzene rings is 3. The van der Waals surface area contributed by atoms with Gasteiger partial charge in [-0.2, -0.15) is 0 Å². The molecule has 0 fully saturated rings. The van der Waals surface area contributed by atoms with Gasteiger partial charge in [0, 0.05) is 6.16 Å². The third kappa shape index (κ3) is 3.60. The molecule has 0 nitrogen and oxygen atoms in total. The lowest BCUT2D eigenvalue weighted by Crippen LogP contribution is -2.13. The third-order valence-electron chi connectivity index (χ3n) is 3.56. The minimum absolute atomic E-state index is 0.343. The molecule has 104 valence electrons. The highest BCUT2D eigenvalue weighted by Gasteiger charge is 2.14. The predicted molar refractivity (Wildman–Crippen MR) is 94.0 cm³/mol. The lowest BCUT2D eigenvalue weighted by molar-refractivity contribution is 1.40. The van der Waals surface area contributed by atoms with E-state index in [1.807, 2.05) is 0 Å². The van der Waals surface area contributed by atoms with Gasteiger partial charge in [0.05, 0.1) is 0 Å². The van der Waals surface area contributed by atoms with Crippen molar-refractivity contribution in [2.45, 2.75) is 13.1 Å². The highest BCUT2D eigenvalue weighted by molar-refractivity contribution is 7.72. The minimum Gasteiger partial charge on any atom is -0.0622 e. The molecular weight excluding hydrogens is 271 g/mol. The Morgan fingerprint density at radius 1 is 0.667 bits per heavy atom. The molecule has 1 heteroatoms. The summed E-state index contributed by atoms with van der Waals surface area (Å²) in [4.78, 5) is 0. The first-order chi connectivity index (χ1) is 10.3. The number of hydrogen-bond acceptors (Lipinski definition) is 0. The van der Waals surface area contributed by atoms with Gasteiger partial charge >= 0.3 is 0 Å². The summed E-state index contributed by atoms with van der Waals surface area (Å²) in [6.07, 6.45) is 1.10. The summed E-state index contributed by atoms with van der Waals surface area (Å²) in [6, 6.07) is 30.7. The van der Waals surface area contributed by atoms with Crippen LogP contribution < -0.4 is 10.6 Å². The maximum absolute atomic E-state index is 2.33. The molecule has 0 aliphatic rings. The van der Waals surface area contributed by atoms with Crippen LogP contribution in [0.5, 0.6) is 0 Å². The zero-order chi connectivity index (χ0) is 14.5. The van der Waals surface area contributed by atoms with Crippen LogP contribution in [0.15, 0.2) is 84.9 Å². The summed E-state index contributed by atoms with van der Waals surface area (Å²) in [5.41, 5.74) is 2.75. The van der Waals surface area contributed by atoms with Crippen molar-refractivity contribution in [3.63, 3.8) is 0 Å². The van der Waals surface area contributed by atoms with Crippen molar-refractivity contribution in [1.29, 1.82) is 0 Å². The topological polar surface area (TPSA) is 0 Å². The molecule has 0 N–H and O–H groups in total. The van der Waals surface area contributed by atoms with Crippen molar-refractivity contribution in [2.75, 3.05) is 0 Å². The summed E-state index contributed by atoms with van der Waals surface area (Å²) in [6.45, 7) is 2.17. The molecule has 0 aliphatic carbocycles. The summed E-state index contributed by atoms with van der Waals surface area (Å²) >= 11 is 0. The lowest BCUT2D eigenvalue weighted by Gasteiger charge is -2.19. The van der Waals surface area contributed by atoms with Crippen LogP contribution >= 0.6 is 7.92 Å². The maximum Gasteiger partial charge on any atom is 0.000743 e. The Hall–Kier alpha value is -1.91. The smallest absolute Gasteiger partial charge is 0.000743 e. The van der Waals surface area contributed by atoms with Gasteiger partial charge in [0.1, 0.15) is 0 Å². The van der Waals surface area contributed by atoms with Crippen LogP contribution in [-0.4, -0.2) is 0 Å². The van der Waals surface area contributed by atoms with Crippen molar-refractivity contribution < 1.29 is 0 Å². The summed E-state index contributed by atoms with van der Waals surface area (Å²) in [7, 11) is -0.343. The van der Waals surface area contributed by atoms with Gasteiger partial charge in [0.25, 0.3) is 0 Å². The van der Waals surface area contributed by atoms with Crippen LogP contribution in [0, 0.1) is 6.92 Å². The average molecular weight is 290 g/mol. The number of aryl methyl sites for hydroxylation is 1. The number of rotatable bonds is 4. The monoisotopic (exact) mass is 290 g/mol. The largest absolute Gasteiger partial charge is 0.0622 e. The molecule has 0 saturated heterocycles. The summed E-state index contributed by atoms with van der Waals surface area (Å²) in [5, 5.41) is 2.90. The van der Waals surface area contributed by atoms with Crippen LogP contribution in [0.3, 0.4) is 0 Å². The highest BCUT2D eigenvalue weighted by atomic mass is 31.1. The van der Waals surface area contributed by atoms with Gasteiger partial charge in [-0.15, -0.1) is 0 Å². The van der Waals surface area contributed by atoms with Gasteiger partial charge in [-0.05, 0) is 31.0 Å². The fourth-order valence-electron chi connectivity index (χ4n) is 2.50. The standard InChI is InChI=1S/C20H19P/c1-17-9-8-14-20(15-17)21(19-12-6-3-7-13-19)16-18-10-4-2-5-11-18/h2-15H,16H2,1H3. The van der Waals surface area contributed by atoms with E-state index in [0.29, 0.717) is 0 Å². The van der Waals surface area contributed by atoms with Crippen LogP contribution in [-0.2, 0) is 6.16 Å². The molecule has 0 aliphatic heterocycles. The molecule has 0 heterocycles. The fraction of sp³-hybridized carbons (Fsp3) is 0.100. The first-order valence-corrected chi connectivity index (χ1v) is 8.79. The second-order valence-corrected chi connectivity index (χ2v) is 7.45. The van der Waals surface area contributed by atoms with Gasteiger partial charge in [0.15, 0.2) is 0 Å². The first-order valence-electron chi connectivity index (χ1n) is 7.26. The van der Waals surface area contributed by atoms with E-state index in [1.165, 1.54) is 21.7 Å². The summed E-state index contributed by atoms with van der Waals surface area (Å²) in [5.74, 6) is 0. The van der Waals surface area contributed by atoms with Crippen molar-refractivity contribution in [3.05, 3.63) is 96.1 Å². The molecule has 3 rings (SSSR count).